The lowest BCUT2D eigenvalue weighted by Gasteiger charge is -2.35. The van der Waals surface area contributed by atoms with Crippen LogP contribution in [0.1, 0.15) is 45.4 Å². The predicted molar refractivity (Wildman–Crippen MR) is 81.2 cm³/mol. The largest absolute Gasteiger partial charge is 0.389 e. The van der Waals surface area contributed by atoms with Gasteiger partial charge in [-0.1, -0.05) is 6.92 Å². The number of sulfone groups is 1. The van der Waals surface area contributed by atoms with Gasteiger partial charge in [0.15, 0.2) is 0 Å². The van der Waals surface area contributed by atoms with E-state index in [-0.39, 0.29) is 30.9 Å². The maximum atomic E-state index is 12.2. The van der Waals surface area contributed by atoms with Crippen molar-refractivity contribution in [3.8, 4) is 0 Å². The smallest absolute Gasteiger partial charge is 0.214 e. The third-order valence-corrected chi connectivity index (χ3v) is 8.36. The van der Waals surface area contributed by atoms with Gasteiger partial charge in [0, 0.05) is 6.54 Å². The number of hydrogen-bond donors (Lipinski definition) is 2. The van der Waals surface area contributed by atoms with E-state index < -0.39 is 30.7 Å². The van der Waals surface area contributed by atoms with Crippen LogP contribution in [0.3, 0.4) is 0 Å². The molecule has 2 N–H and O–H groups in total. The predicted octanol–water partition coefficient (Wildman–Crippen LogP) is 0.424. The third-order valence-electron chi connectivity index (χ3n) is 4.75. The minimum absolute atomic E-state index is 0.0330. The lowest BCUT2D eigenvalue weighted by Crippen LogP contribution is -2.48. The van der Waals surface area contributed by atoms with E-state index in [1.165, 1.54) is 0 Å². The summed E-state index contributed by atoms with van der Waals surface area (Å²) in [6.45, 7) is 2.16. The van der Waals surface area contributed by atoms with Gasteiger partial charge in [-0.25, -0.2) is 21.6 Å². The first kappa shape index (κ1) is 17.2. The summed E-state index contributed by atoms with van der Waals surface area (Å²) in [6.07, 6.45) is 3.31. The summed E-state index contributed by atoms with van der Waals surface area (Å²) in [5.41, 5.74) is -0.958. The standard InChI is InChI=1S/C13H25NO5S2/c1-11-2-6-13(15,7-3-11)10-14-21(18,19)12-4-8-20(16,17)9-5-12/h11-12,14-15H,2-10H2,1H3. The molecule has 0 amide bonds. The fourth-order valence-corrected chi connectivity index (χ4v) is 6.36. The zero-order valence-corrected chi connectivity index (χ0v) is 14.0. The van der Waals surface area contributed by atoms with E-state index in [4.69, 9.17) is 0 Å². The van der Waals surface area contributed by atoms with Crippen LogP contribution in [0.4, 0.5) is 0 Å². The summed E-state index contributed by atoms with van der Waals surface area (Å²) in [4.78, 5) is 0. The van der Waals surface area contributed by atoms with Gasteiger partial charge in [0.25, 0.3) is 0 Å². The monoisotopic (exact) mass is 339 g/mol. The van der Waals surface area contributed by atoms with Crippen molar-refractivity contribution >= 4 is 19.9 Å². The van der Waals surface area contributed by atoms with Gasteiger partial charge in [-0.2, -0.15) is 0 Å². The van der Waals surface area contributed by atoms with Crippen LogP contribution in [0, 0.1) is 5.92 Å². The average Bonchev–Trinajstić information content (AvgIpc) is 2.40. The van der Waals surface area contributed by atoms with Crippen LogP contribution >= 0.6 is 0 Å². The Labute approximate surface area is 127 Å². The highest BCUT2D eigenvalue weighted by atomic mass is 32.2. The number of rotatable bonds is 4. The Kier molecular flexibility index (Phi) is 5.02. The molecule has 0 aromatic heterocycles. The van der Waals surface area contributed by atoms with Gasteiger partial charge < -0.3 is 5.11 Å². The fraction of sp³-hybridized carbons (Fsp3) is 1.00. The molecule has 124 valence electrons. The summed E-state index contributed by atoms with van der Waals surface area (Å²) in [5.74, 6) is 0.436. The van der Waals surface area contributed by atoms with Crippen molar-refractivity contribution in [2.24, 2.45) is 5.92 Å². The Bertz CT molecular complexity index is 547. The molecule has 0 atom stereocenters. The highest BCUT2D eigenvalue weighted by Gasteiger charge is 2.36. The van der Waals surface area contributed by atoms with E-state index in [1.54, 1.807) is 0 Å². The van der Waals surface area contributed by atoms with Crippen LogP contribution in [0.2, 0.25) is 0 Å². The lowest BCUT2D eigenvalue weighted by atomic mass is 9.80. The first-order chi connectivity index (χ1) is 9.62. The molecule has 1 saturated carbocycles. The Balaban J connectivity index is 1.90. The maximum absolute atomic E-state index is 12.2. The van der Waals surface area contributed by atoms with Crippen molar-refractivity contribution < 1.29 is 21.9 Å². The second-order valence-electron chi connectivity index (χ2n) is 6.62. The van der Waals surface area contributed by atoms with Gasteiger partial charge in [-0.15, -0.1) is 0 Å². The Morgan fingerprint density at radius 2 is 1.67 bits per heavy atom. The van der Waals surface area contributed by atoms with Crippen molar-refractivity contribution in [1.29, 1.82) is 0 Å². The Morgan fingerprint density at radius 1 is 1.14 bits per heavy atom. The molecule has 1 aliphatic carbocycles. The van der Waals surface area contributed by atoms with Gasteiger partial charge in [-0.05, 0) is 44.4 Å². The van der Waals surface area contributed by atoms with E-state index >= 15 is 0 Å². The summed E-state index contributed by atoms with van der Waals surface area (Å²) in [5, 5.41) is 9.75. The normalized spacial score (nSPS) is 34.7. The van der Waals surface area contributed by atoms with Crippen LogP contribution in [-0.2, 0) is 19.9 Å². The highest BCUT2D eigenvalue weighted by molar-refractivity contribution is 7.92. The van der Waals surface area contributed by atoms with Crippen molar-refractivity contribution in [2.45, 2.75) is 56.3 Å². The molecule has 2 rings (SSSR count). The van der Waals surface area contributed by atoms with E-state index in [0.29, 0.717) is 18.8 Å². The molecular formula is C13H25NO5S2. The topological polar surface area (TPSA) is 101 Å². The maximum Gasteiger partial charge on any atom is 0.214 e. The molecule has 0 aromatic carbocycles. The quantitative estimate of drug-likeness (QED) is 0.773. The zero-order chi connectivity index (χ0) is 15.7. The van der Waals surface area contributed by atoms with Crippen LogP contribution in [-0.4, -0.2) is 50.8 Å². The summed E-state index contributed by atoms with van der Waals surface area (Å²) in [7, 11) is -6.63. The molecule has 0 radical (unpaired) electrons. The van der Waals surface area contributed by atoms with Crippen molar-refractivity contribution in [3.05, 3.63) is 0 Å². The van der Waals surface area contributed by atoms with Gasteiger partial charge in [-0.3, -0.25) is 0 Å². The molecule has 8 heteroatoms. The van der Waals surface area contributed by atoms with Crippen LogP contribution in [0.15, 0.2) is 0 Å². The molecule has 6 nitrogen and oxygen atoms in total. The Morgan fingerprint density at radius 3 is 2.19 bits per heavy atom. The number of aliphatic hydroxyl groups is 1. The second kappa shape index (κ2) is 6.14. The summed E-state index contributed by atoms with van der Waals surface area (Å²) < 4.78 is 49.7. The summed E-state index contributed by atoms with van der Waals surface area (Å²) >= 11 is 0. The molecule has 0 bridgehead atoms. The van der Waals surface area contributed by atoms with Crippen molar-refractivity contribution in [2.75, 3.05) is 18.1 Å². The highest BCUT2D eigenvalue weighted by Crippen LogP contribution is 2.31. The number of hydrogen-bond acceptors (Lipinski definition) is 5. The van der Waals surface area contributed by atoms with Gasteiger partial charge >= 0.3 is 0 Å². The molecule has 2 fully saturated rings. The second-order valence-corrected chi connectivity index (χ2v) is 11.0. The van der Waals surface area contributed by atoms with Gasteiger partial charge in [0.05, 0.1) is 22.4 Å². The molecule has 1 saturated heterocycles. The summed E-state index contributed by atoms with van der Waals surface area (Å²) in [6, 6.07) is 0. The zero-order valence-electron chi connectivity index (χ0n) is 12.4. The minimum atomic E-state index is -3.56. The molecule has 21 heavy (non-hydrogen) atoms. The van der Waals surface area contributed by atoms with E-state index in [0.717, 1.165) is 12.8 Å². The van der Waals surface area contributed by atoms with Crippen molar-refractivity contribution in [3.63, 3.8) is 0 Å². The molecule has 0 aromatic rings. The lowest BCUT2D eigenvalue weighted by molar-refractivity contribution is -0.00188. The van der Waals surface area contributed by atoms with Gasteiger partial charge in [0.1, 0.15) is 9.84 Å². The molecule has 1 aliphatic heterocycles. The van der Waals surface area contributed by atoms with E-state index in [2.05, 4.69) is 11.6 Å². The molecular weight excluding hydrogens is 314 g/mol. The van der Waals surface area contributed by atoms with Crippen LogP contribution in [0.5, 0.6) is 0 Å². The molecule has 0 spiro atoms. The molecule has 0 unspecified atom stereocenters. The first-order valence-electron chi connectivity index (χ1n) is 7.53. The van der Waals surface area contributed by atoms with Crippen LogP contribution < -0.4 is 4.72 Å². The third kappa shape index (κ3) is 4.64. The fourth-order valence-electron chi connectivity index (χ4n) is 3.01. The molecule has 2 aliphatic rings. The molecule has 1 heterocycles. The van der Waals surface area contributed by atoms with E-state index in [1.807, 2.05) is 0 Å². The SMILES string of the molecule is CC1CCC(O)(CNS(=O)(=O)C2CCS(=O)(=O)CC2)CC1. The average molecular weight is 339 g/mol. The van der Waals surface area contributed by atoms with E-state index in [9.17, 15) is 21.9 Å². The van der Waals surface area contributed by atoms with Crippen molar-refractivity contribution in [1.82, 2.24) is 4.72 Å². The van der Waals surface area contributed by atoms with Crippen LogP contribution in [0.25, 0.3) is 0 Å². The number of nitrogens with one attached hydrogen (secondary N) is 1. The van der Waals surface area contributed by atoms with Gasteiger partial charge in [0.2, 0.25) is 10.0 Å². The first-order valence-corrected chi connectivity index (χ1v) is 10.9. The number of sulfonamides is 1. The minimum Gasteiger partial charge on any atom is -0.389 e. The Hall–Kier alpha value is -0.180.